The molecule has 2 heterocycles. The number of aromatic amines is 1. The predicted octanol–water partition coefficient (Wildman–Crippen LogP) is 0.780. The van der Waals surface area contributed by atoms with E-state index < -0.39 is 0 Å². The molecule has 0 atom stereocenters. The molecule has 2 rings (SSSR count). The number of nitrogens with one attached hydrogen (secondary N) is 1. The van der Waals surface area contributed by atoms with Crippen molar-refractivity contribution >= 4 is 11.2 Å². The highest BCUT2D eigenvalue weighted by Gasteiger charge is 2.11. The molecule has 5 nitrogen and oxygen atoms in total. The van der Waals surface area contributed by atoms with E-state index in [1.807, 2.05) is 20.9 Å². The Bertz CT molecular complexity index is 523. The lowest BCUT2D eigenvalue weighted by atomic mass is 10.1. The van der Waals surface area contributed by atoms with Crippen LogP contribution >= 0.6 is 0 Å². The van der Waals surface area contributed by atoms with Gasteiger partial charge in [0.15, 0.2) is 5.65 Å². The van der Waals surface area contributed by atoms with Crippen LogP contribution < -0.4 is 5.69 Å². The Labute approximate surface area is 80.8 Å². The van der Waals surface area contributed by atoms with E-state index in [9.17, 15) is 4.79 Å². The van der Waals surface area contributed by atoms with Crippen molar-refractivity contribution in [2.75, 3.05) is 0 Å². The van der Waals surface area contributed by atoms with Gasteiger partial charge in [0.2, 0.25) is 0 Å². The number of hydrogen-bond donors (Lipinski definition) is 1. The van der Waals surface area contributed by atoms with Crippen LogP contribution in [0.5, 0.6) is 0 Å². The maximum absolute atomic E-state index is 11.3. The highest BCUT2D eigenvalue weighted by atomic mass is 16.1. The third kappa shape index (κ3) is 1.21. The molecule has 0 saturated carbocycles. The summed E-state index contributed by atoms with van der Waals surface area (Å²) in [5.41, 5.74) is 1.95. The molecule has 0 unspecified atom stereocenters. The fourth-order valence-electron chi connectivity index (χ4n) is 1.46. The molecule has 0 amide bonds. The van der Waals surface area contributed by atoms with Crippen LogP contribution in [0.3, 0.4) is 0 Å². The van der Waals surface area contributed by atoms with Gasteiger partial charge in [0.1, 0.15) is 5.52 Å². The lowest BCUT2D eigenvalue weighted by molar-refractivity contribution is 0.812. The standard InChI is InChI=1S/C9H12N4O/c1-5(2)6-7-8(12-9(14)11-6)13(3)4-10-7/h4-5H,1-3H3,(H,11,12,14). The maximum Gasteiger partial charge on any atom is 0.347 e. The first-order valence-corrected chi connectivity index (χ1v) is 4.51. The largest absolute Gasteiger partial charge is 0.347 e. The fourth-order valence-corrected chi connectivity index (χ4v) is 1.46. The number of aryl methyl sites for hydroxylation is 1. The van der Waals surface area contributed by atoms with E-state index in [1.165, 1.54) is 0 Å². The minimum atomic E-state index is -0.315. The van der Waals surface area contributed by atoms with Crippen LogP contribution in [0.1, 0.15) is 25.5 Å². The number of aromatic nitrogens is 4. The lowest BCUT2D eigenvalue weighted by Gasteiger charge is -2.04. The molecule has 0 aliphatic carbocycles. The van der Waals surface area contributed by atoms with Gasteiger partial charge in [0, 0.05) is 7.05 Å². The highest BCUT2D eigenvalue weighted by Crippen LogP contribution is 2.17. The first kappa shape index (κ1) is 8.93. The van der Waals surface area contributed by atoms with Gasteiger partial charge in [-0.25, -0.2) is 9.78 Å². The zero-order valence-electron chi connectivity index (χ0n) is 8.40. The zero-order chi connectivity index (χ0) is 10.3. The second-order valence-corrected chi connectivity index (χ2v) is 3.64. The van der Waals surface area contributed by atoms with Crippen molar-refractivity contribution in [1.82, 2.24) is 19.5 Å². The second-order valence-electron chi connectivity index (χ2n) is 3.64. The number of rotatable bonds is 1. The Balaban J connectivity index is 2.89. The SMILES string of the molecule is CC(C)c1[nH]c(=O)nc2c1ncn2C. The van der Waals surface area contributed by atoms with Gasteiger partial charge in [-0.1, -0.05) is 13.8 Å². The number of imidazole rings is 1. The minimum Gasteiger partial charge on any atom is -0.318 e. The van der Waals surface area contributed by atoms with Gasteiger partial charge in [-0.2, -0.15) is 4.98 Å². The molecule has 1 N–H and O–H groups in total. The van der Waals surface area contributed by atoms with Crippen LogP contribution in [0.2, 0.25) is 0 Å². The zero-order valence-corrected chi connectivity index (χ0v) is 8.40. The molecular weight excluding hydrogens is 180 g/mol. The summed E-state index contributed by atoms with van der Waals surface area (Å²) >= 11 is 0. The van der Waals surface area contributed by atoms with Gasteiger partial charge in [-0.3, -0.25) is 0 Å². The van der Waals surface area contributed by atoms with Crippen LogP contribution in [0.25, 0.3) is 11.2 Å². The van der Waals surface area contributed by atoms with Crippen LogP contribution in [-0.2, 0) is 7.05 Å². The average Bonchev–Trinajstić information content (AvgIpc) is 2.47. The molecule has 0 spiro atoms. The molecule has 14 heavy (non-hydrogen) atoms. The number of H-pyrrole nitrogens is 1. The Hall–Kier alpha value is -1.65. The summed E-state index contributed by atoms with van der Waals surface area (Å²) in [4.78, 5) is 22.1. The predicted molar refractivity (Wildman–Crippen MR) is 53.2 cm³/mol. The van der Waals surface area contributed by atoms with E-state index in [-0.39, 0.29) is 11.6 Å². The van der Waals surface area contributed by atoms with Crippen molar-refractivity contribution < 1.29 is 0 Å². The van der Waals surface area contributed by atoms with Crippen LogP contribution in [0.15, 0.2) is 11.1 Å². The fraction of sp³-hybridized carbons (Fsp3) is 0.444. The number of hydrogen-bond acceptors (Lipinski definition) is 3. The van der Waals surface area contributed by atoms with Crippen molar-refractivity contribution in [3.8, 4) is 0 Å². The highest BCUT2D eigenvalue weighted by molar-refractivity contribution is 5.73. The van der Waals surface area contributed by atoms with Gasteiger partial charge in [0.05, 0.1) is 12.0 Å². The van der Waals surface area contributed by atoms with Gasteiger partial charge in [0.25, 0.3) is 0 Å². The van der Waals surface area contributed by atoms with E-state index in [1.54, 1.807) is 10.9 Å². The van der Waals surface area contributed by atoms with E-state index in [4.69, 9.17) is 0 Å². The van der Waals surface area contributed by atoms with Gasteiger partial charge < -0.3 is 9.55 Å². The van der Waals surface area contributed by atoms with Gasteiger partial charge in [-0.05, 0) is 5.92 Å². The molecule has 0 saturated heterocycles. The number of nitrogens with zero attached hydrogens (tertiary/aromatic N) is 3. The molecule has 0 aliphatic rings. The molecule has 0 fully saturated rings. The summed E-state index contributed by atoms with van der Waals surface area (Å²) in [7, 11) is 1.83. The van der Waals surface area contributed by atoms with E-state index in [0.29, 0.717) is 5.65 Å². The Kier molecular flexibility index (Phi) is 1.87. The van der Waals surface area contributed by atoms with Crippen LogP contribution in [0.4, 0.5) is 0 Å². The molecule has 74 valence electrons. The maximum atomic E-state index is 11.3. The topological polar surface area (TPSA) is 63.6 Å². The van der Waals surface area contributed by atoms with Gasteiger partial charge >= 0.3 is 5.69 Å². The molecule has 5 heteroatoms. The smallest absolute Gasteiger partial charge is 0.318 e. The Morgan fingerprint density at radius 3 is 2.86 bits per heavy atom. The monoisotopic (exact) mass is 192 g/mol. The first-order valence-electron chi connectivity index (χ1n) is 4.51. The van der Waals surface area contributed by atoms with Crippen molar-refractivity contribution in [3.63, 3.8) is 0 Å². The van der Waals surface area contributed by atoms with E-state index in [0.717, 1.165) is 11.2 Å². The summed E-state index contributed by atoms with van der Waals surface area (Å²) in [5.74, 6) is 0.239. The normalized spacial score (nSPS) is 11.4. The van der Waals surface area contributed by atoms with Crippen molar-refractivity contribution in [2.24, 2.45) is 7.05 Å². The second kappa shape index (κ2) is 2.94. The minimum absolute atomic E-state index is 0.239. The van der Waals surface area contributed by atoms with Crippen molar-refractivity contribution in [3.05, 3.63) is 22.5 Å². The van der Waals surface area contributed by atoms with Gasteiger partial charge in [-0.15, -0.1) is 0 Å². The van der Waals surface area contributed by atoms with Crippen LogP contribution in [0, 0.1) is 0 Å². The van der Waals surface area contributed by atoms with E-state index in [2.05, 4.69) is 15.0 Å². The summed E-state index contributed by atoms with van der Waals surface area (Å²) in [5, 5.41) is 0. The molecule has 0 aliphatic heterocycles. The summed E-state index contributed by atoms with van der Waals surface area (Å²) in [6, 6.07) is 0. The third-order valence-electron chi connectivity index (χ3n) is 2.19. The lowest BCUT2D eigenvalue weighted by Crippen LogP contribution is -2.14. The quantitative estimate of drug-likeness (QED) is 0.726. The Morgan fingerprint density at radius 1 is 1.50 bits per heavy atom. The summed E-state index contributed by atoms with van der Waals surface area (Å²) in [6.45, 7) is 4.03. The molecule has 2 aromatic rings. The molecule has 0 aromatic carbocycles. The first-order chi connectivity index (χ1) is 6.59. The summed E-state index contributed by atoms with van der Waals surface area (Å²) in [6.07, 6.45) is 1.66. The Morgan fingerprint density at radius 2 is 2.21 bits per heavy atom. The van der Waals surface area contributed by atoms with Crippen molar-refractivity contribution in [1.29, 1.82) is 0 Å². The van der Waals surface area contributed by atoms with Crippen molar-refractivity contribution in [2.45, 2.75) is 19.8 Å². The number of fused-ring (bicyclic) bond motifs is 1. The average molecular weight is 192 g/mol. The van der Waals surface area contributed by atoms with Crippen LogP contribution in [-0.4, -0.2) is 19.5 Å². The molecule has 0 bridgehead atoms. The van der Waals surface area contributed by atoms with E-state index >= 15 is 0 Å². The third-order valence-corrected chi connectivity index (χ3v) is 2.19. The summed E-state index contributed by atoms with van der Waals surface area (Å²) < 4.78 is 1.75. The molecular formula is C9H12N4O. The molecule has 0 radical (unpaired) electrons. The molecule has 2 aromatic heterocycles.